The third kappa shape index (κ3) is 2.66. The summed E-state index contributed by atoms with van der Waals surface area (Å²) in [6.07, 6.45) is 5.24. The number of aryl methyl sites for hydroxylation is 1. The van der Waals surface area contributed by atoms with Crippen LogP contribution in [-0.2, 0) is 18.3 Å². The molecule has 1 aliphatic rings. The first-order valence-corrected chi connectivity index (χ1v) is 6.23. The number of rotatable bonds is 4. The Balaban J connectivity index is 1.97. The maximum absolute atomic E-state index is 11.4. The number of amides is 1. The summed E-state index contributed by atoms with van der Waals surface area (Å²) in [6.45, 7) is 2.99. The second kappa shape index (κ2) is 5.31. The molecule has 0 bridgehead atoms. The van der Waals surface area contributed by atoms with Gasteiger partial charge in [0.15, 0.2) is 0 Å². The van der Waals surface area contributed by atoms with Gasteiger partial charge < -0.3 is 10.6 Å². The van der Waals surface area contributed by atoms with Crippen molar-refractivity contribution in [3.8, 4) is 0 Å². The van der Waals surface area contributed by atoms with Crippen molar-refractivity contribution in [1.82, 2.24) is 20.4 Å². The van der Waals surface area contributed by atoms with E-state index in [1.165, 1.54) is 11.3 Å². The van der Waals surface area contributed by atoms with Crippen LogP contribution in [0.1, 0.15) is 37.1 Å². The standard InChI is InChI=1S/C12H20N4O/c1-3-13-12(17)8-14-10-5-4-6-11-9(10)7-15-16(11)2/h7,10,14H,3-6,8H2,1-2H3,(H,13,17). The summed E-state index contributed by atoms with van der Waals surface area (Å²) in [6, 6.07) is 0.273. The summed E-state index contributed by atoms with van der Waals surface area (Å²) in [7, 11) is 1.98. The fourth-order valence-corrected chi connectivity index (χ4v) is 2.39. The maximum Gasteiger partial charge on any atom is 0.233 e. The van der Waals surface area contributed by atoms with Gasteiger partial charge in [0.25, 0.3) is 0 Å². The number of likely N-dealkylation sites (N-methyl/N-ethyl adjacent to an activating group) is 1. The Morgan fingerprint density at radius 1 is 1.65 bits per heavy atom. The molecule has 1 atom stereocenters. The predicted molar refractivity (Wildman–Crippen MR) is 65.6 cm³/mol. The van der Waals surface area contributed by atoms with E-state index in [4.69, 9.17) is 0 Å². The van der Waals surface area contributed by atoms with Crippen LogP contribution in [0.2, 0.25) is 0 Å². The lowest BCUT2D eigenvalue weighted by atomic mass is 9.93. The van der Waals surface area contributed by atoms with Gasteiger partial charge in [0.05, 0.1) is 12.7 Å². The highest BCUT2D eigenvalue weighted by atomic mass is 16.1. The number of carbonyl (C=O) groups excluding carboxylic acids is 1. The van der Waals surface area contributed by atoms with Crippen molar-refractivity contribution in [3.63, 3.8) is 0 Å². The van der Waals surface area contributed by atoms with Crippen molar-refractivity contribution < 1.29 is 4.79 Å². The number of nitrogens with one attached hydrogen (secondary N) is 2. The van der Waals surface area contributed by atoms with E-state index in [9.17, 15) is 4.79 Å². The first-order chi connectivity index (χ1) is 8.22. The summed E-state index contributed by atoms with van der Waals surface area (Å²) in [5.74, 6) is 0.0588. The van der Waals surface area contributed by atoms with Gasteiger partial charge in [0.1, 0.15) is 0 Å². The van der Waals surface area contributed by atoms with Crippen LogP contribution in [0.15, 0.2) is 6.20 Å². The first-order valence-electron chi connectivity index (χ1n) is 6.23. The van der Waals surface area contributed by atoms with E-state index in [1.807, 2.05) is 24.9 Å². The van der Waals surface area contributed by atoms with Crippen LogP contribution in [0.4, 0.5) is 0 Å². The van der Waals surface area contributed by atoms with E-state index in [0.717, 1.165) is 19.3 Å². The van der Waals surface area contributed by atoms with Crippen LogP contribution < -0.4 is 10.6 Å². The van der Waals surface area contributed by atoms with Crippen LogP contribution in [-0.4, -0.2) is 28.8 Å². The molecule has 0 aromatic carbocycles. The van der Waals surface area contributed by atoms with Gasteiger partial charge in [-0.2, -0.15) is 5.10 Å². The maximum atomic E-state index is 11.4. The minimum atomic E-state index is 0.0588. The highest BCUT2D eigenvalue weighted by Gasteiger charge is 2.23. The second-order valence-corrected chi connectivity index (χ2v) is 4.45. The van der Waals surface area contributed by atoms with Gasteiger partial charge in [-0.15, -0.1) is 0 Å². The molecular weight excluding hydrogens is 216 g/mol. The second-order valence-electron chi connectivity index (χ2n) is 4.45. The highest BCUT2D eigenvalue weighted by molar-refractivity contribution is 5.77. The SMILES string of the molecule is CCNC(=O)CNC1CCCc2c1cnn2C. The molecule has 1 aromatic rings. The Morgan fingerprint density at radius 3 is 3.24 bits per heavy atom. The van der Waals surface area contributed by atoms with Crippen LogP contribution in [0, 0.1) is 0 Å². The summed E-state index contributed by atoms with van der Waals surface area (Å²) in [4.78, 5) is 11.4. The largest absolute Gasteiger partial charge is 0.355 e. The van der Waals surface area contributed by atoms with Gasteiger partial charge in [-0.3, -0.25) is 9.48 Å². The van der Waals surface area contributed by atoms with Crippen molar-refractivity contribution in [1.29, 1.82) is 0 Å². The van der Waals surface area contributed by atoms with Crippen molar-refractivity contribution in [2.75, 3.05) is 13.1 Å². The van der Waals surface area contributed by atoms with Gasteiger partial charge in [-0.05, 0) is 26.2 Å². The zero-order valence-corrected chi connectivity index (χ0v) is 10.5. The molecule has 1 unspecified atom stereocenters. The summed E-state index contributed by atoms with van der Waals surface area (Å²) < 4.78 is 1.94. The molecule has 0 radical (unpaired) electrons. The number of hydrogen-bond donors (Lipinski definition) is 2. The van der Waals surface area contributed by atoms with E-state index in [0.29, 0.717) is 13.1 Å². The molecule has 0 saturated heterocycles. The van der Waals surface area contributed by atoms with E-state index in [1.54, 1.807) is 0 Å². The molecule has 1 heterocycles. The van der Waals surface area contributed by atoms with Gasteiger partial charge in [-0.25, -0.2) is 0 Å². The fraction of sp³-hybridized carbons (Fsp3) is 0.667. The lowest BCUT2D eigenvalue weighted by molar-refractivity contribution is -0.120. The average Bonchev–Trinajstić information content (AvgIpc) is 2.70. The predicted octanol–water partition coefficient (Wildman–Crippen LogP) is 0.523. The van der Waals surface area contributed by atoms with Crippen LogP contribution in [0.3, 0.4) is 0 Å². The van der Waals surface area contributed by atoms with Crippen molar-refractivity contribution in [3.05, 3.63) is 17.5 Å². The topological polar surface area (TPSA) is 59.0 Å². The summed E-state index contributed by atoms with van der Waals surface area (Å²) in [5, 5.41) is 10.4. The monoisotopic (exact) mass is 236 g/mol. The molecule has 1 amide bonds. The molecule has 1 aromatic heterocycles. The smallest absolute Gasteiger partial charge is 0.233 e. The molecule has 17 heavy (non-hydrogen) atoms. The van der Waals surface area contributed by atoms with Gasteiger partial charge in [-0.1, -0.05) is 0 Å². The fourth-order valence-electron chi connectivity index (χ4n) is 2.39. The zero-order chi connectivity index (χ0) is 12.3. The quantitative estimate of drug-likeness (QED) is 0.801. The van der Waals surface area contributed by atoms with Gasteiger partial charge in [0.2, 0.25) is 5.91 Å². The Bertz CT molecular complexity index is 399. The third-order valence-electron chi connectivity index (χ3n) is 3.26. The molecule has 0 fully saturated rings. The van der Waals surface area contributed by atoms with Crippen LogP contribution in [0.5, 0.6) is 0 Å². The minimum absolute atomic E-state index is 0.0588. The minimum Gasteiger partial charge on any atom is -0.355 e. The lowest BCUT2D eigenvalue weighted by Gasteiger charge is -2.23. The van der Waals surface area contributed by atoms with E-state index >= 15 is 0 Å². The Kier molecular flexibility index (Phi) is 3.78. The number of hydrogen-bond acceptors (Lipinski definition) is 3. The zero-order valence-electron chi connectivity index (χ0n) is 10.5. The number of fused-ring (bicyclic) bond motifs is 1. The lowest BCUT2D eigenvalue weighted by Crippen LogP contribution is -2.36. The third-order valence-corrected chi connectivity index (χ3v) is 3.26. The summed E-state index contributed by atoms with van der Waals surface area (Å²) in [5.41, 5.74) is 2.55. The van der Waals surface area contributed by atoms with Crippen molar-refractivity contribution in [2.45, 2.75) is 32.2 Å². The van der Waals surface area contributed by atoms with Gasteiger partial charge >= 0.3 is 0 Å². The molecule has 1 aliphatic carbocycles. The molecule has 0 saturated carbocycles. The molecule has 5 heteroatoms. The molecular formula is C12H20N4O. The van der Waals surface area contributed by atoms with Crippen molar-refractivity contribution in [2.24, 2.45) is 7.05 Å². The molecule has 2 N–H and O–H groups in total. The van der Waals surface area contributed by atoms with Crippen LogP contribution in [0.25, 0.3) is 0 Å². The molecule has 94 valence electrons. The van der Waals surface area contributed by atoms with Crippen LogP contribution >= 0.6 is 0 Å². The van der Waals surface area contributed by atoms with Gasteiger partial charge in [0, 0.05) is 30.9 Å². The molecule has 5 nitrogen and oxygen atoms in total. The Hall–Kier alpha value is -1.36. The van der Waals surface area contributed by atoms with E-state index < -0.39 is 0 Å². The Labute approximate surface area is 102 Å². The molecule has 0 aliphatic heterocycles. The Morgan fingerprint density at radius 2 is 2.47 bits per heavy atom. The number of carbonyl (C=O) groups is 1. The normalized spacial score (nSPS) is 18.8. The average molecular weight is 236 g/mol. The van der Waals surface area contributed by atoms with E-state index in [2.05, 4.69) is 15.7 Å². The number of aromatic nitrogens is 2. The summed E-state index contributed by atoms with van der Waals surface area (Å²) >= 11 is 0. The first kappa shape index (κ1) is 12.1. The van der Waals surface area contributed by atoms with E-state index in [-0.39, 0.29) is 11.9 Å². The molecule has 2 rings (SSSR count). The highest BCUT2D eigenvalue weighted by Crippen LogP contribution is 2.28. The number of nitrogens with zero attached hydrogens (tertiary/aromatic N) is 2. The molecule has 0 spiro atoms. The van der Waals surface area contributed by atoms with Crippen molar-refractivity contribution >= 4 is 5.91 Å².